The van der Waals surface area contributed by atoms with Gasteiger partial charge in [0.2, 0.25) is 0 Å². The van der Waals surface area contributed by atoms with E-state index < -0.39 is 0 Å². The van der Waals surface area contributed by atoms with Crippen LogP contribution in [0, 0.1) is 0 Å². The number of amides is 1. The number of H-pyrrole nitrogens is 1. The van der Waals surface area contributed by atoms with Crippen molar-refractivity contribution in [2.75, 3.05) is 6.61 Å². The topological polar surface area (TPSA) is 67.0 Å². The molecule has 140 valence electrons. The molecule has 0 spiro atoms. The Labute approximate surface area is 163 Å². The van der Waals surface area contributed by atoms with Crippen molar-refractivity contribution in [2.24, 2.45) is 0 Å². The van der Waals surface area contributed by atoms with Crippen molar-refractivity contribution < 1.29 is 9.53 Å². The van der Waals surface area contributed by atoms with Gasteiger partial charge in [-0.2, -0.15) is 5.10 Å². The SMILES string of the molecule is CCOc1ccc(-c2[nH]ncc2C(=O)NCc2ccc(CC)cc2)cc1Cl. The molecule has 3 aromatic rings. The van der Waals surface area contributed by atoms with Gasteiger partial charge in [0.1, 0.15) is 5.75 Å². The zero-order valence-corrected chi connectivity index (χ0v) is 16.1. The van der Waals surface area contributed by atoms with Gasteiger partial charge in [-0.15, -0.1) is 0 Å². The van der Waals surface area contributed by atoms with Gasteiger partial charge in [0.15, 0.2) is 0 Å². The molecule has 0 radical (unpaired) electrons. The molecule has 0 saturated carbocycles. The maximum absolute atomic E-state index is 12.6. The Morgan fingerprint density at radius 2 is 1.89 bits per heavy atom. The lowest BCUT2D eigenvalue weighted by Gasteiger charge is -2.09. The van der Waals surface area contributed by atoms with Crippen LogP contribution in [-0.2, 0) is 13.0 Å². The van der Waals surface area contributed by atoms with Gasteiger partial charge in [-0.05, 0) is 42.7 Å². The summed E-state index contributed by atoms with van der Waals surface area (Å²) in [5.41, 5.74) is 4.20. The molecule has 27 heavy (non-hydrogen) atoms. The molecular weight excluding hydrogens is 362 g/mol. The summed E-state index contributed by atoms with van der Waals surface area (Å²) in [5.74, 6) is 0.423. The number of aromatic nitrogens is 2. The molecule has 6 heteroatoms. The summed E-state index contributed by atoms with van der Waals surface area (Å²) in [6.07, 6.45) is 2.52. The Morgan fingerprint density at radius 1 is 1.15 bits per heavy atom. The van der Waals surface area contributed by atoms with E-state index in [9.17, 15) is 4.79 Å². The molecule has 0 unspecified atom stereocenters. The number of carbonyl (C=O) groups excluding carboxylic acids is 1. The van der Waals surface area contributed by atoms with Crippen LogP contribution in [0.15, 0.2) is 48.7 Å². The quantitative estimate of drug-likeness (QED) is 0.625. The first kappa shape index (κ1) is 19.0. The van der Waals surface area contributed by atoms with E-state index in [1.165, 1.54) is 11.8 Å². The minimum Gasteiger partial charge on any atom is -0.492 e. The highest BCUT2D eigenvalue weighted by Crippen LogP contribution is 2.31. The first-order chi connectivity index (χ1) is 13.1. The fourth-order valence-electron chi connectivity index (χ4n) is 2.78. The molecular formula is C21H22ClN3O2. The van der Waals surface area contributed by atoms with Crippen LogP contribution in [0.2, 0.25) is 5.02 Å². The lowest BCUT2D eigenvalue weighted by atomic mass is 10.1. The van der Waals surface area contributed by atoms with E-state index in [1.54, 1.807) is 12.1 Å². The van der Waals surface area contributed by atoms with Crippen LogP contribution in [0.1, 0.15) is 35.3 Å². The summed E-state index contributed by atoms with van der Waals surface area (Å²) < 4.78 is 5.45. The summed E-state index contributed by atoms with van der Waals surface area (Å²) in [4.78, 5) is 12.6. The van der Waals surface area contributed by atoms with Gasteiger partial charge in [-0.25, -0.2) is 0 Å². The Hall–Kier alpha value is -2.79. The Morgan fingerprint density at radius 3 is 2.56 bits per heavy atom. The van der Waals surface area contributed by atoms with Crippen LogP contribution in [0.4, 0.5) is 0 Å². The normalized spacial score (nSPS) is 10.6. The monoisotopic (exact) mass is 383 g/mol. The van der Waals surface area contributed by atoms with E-state index in [2.05, 4.69) is 34.6 Å². The van der Waals surface area contributed by atoms with Gasteiger partial charge in [-0.3, -0.25) is 9.89 Å². The number of hydrogen-bond donors (Lipinski definition) is 2. The average Bonchev–Trinajstić information content (AvgIpc) is 3.18. The van der Waals surface area contributed by atoms with Gasteiger partial charge in [0, 0.05) is 12.1 Å². The Bertz CT molecular complexity index is 919. The molecule has 2 N–H and O–H groups in total. The van der Waals surface area contributed by atoms with Crippen LogP contribution in [0.3, 0.4) is 0 Å². The summed E-state index contributed by atoms with van der Waals surface area (Å²) in [5, 5.41) is 10.3. The predicted octanol–water partition coefficient (Wildman–Crippen LogP) is 4.62. The highest BCUT2D eigenvalue weighted by Gasteiger charge is 2.16. The lowest BCUT2D eigenvalue weighted by molar-refractivity contribution is 0.0951. The van der Waals surface area contributed by atoms with Gasteiger partial charge in [0.05, 0.1) is 29.1 Å². The van der Waals surface area contributed by atoms with E-state index in [0.717, 1.165) is 17.5 Å². The fourth-order valence-corrected chi connectivity index (χ4v) is 3.01. The first-order valence-electron chi connectivity index (χ1n) is 8.94. The van der Waals surface area contributed by atoms with Crippen LogP contribution < -0.4 is 10.1 Å². The molecule has 2 aromatic carbocycles. The first-order valence-corrected chi connectivity index (χ1v) is 9.32. The minimum atomic E-state index is -0.191. The Balaban J connectivity index is 1.73. The molecule has 0 fully saturated rings. The molecule has 1 amide bonds. The lowest BCUT2D eigenvalue weighted by Crippen LogP contribution is -2.23. The number of nitrogens with zero attached hydrogens (tertiary/aromatic N) is 1. The predicted molar refractivity (Wildman–Crippen MR) is 107 cm³/mol. The molecule has 0 aliphatic heterocycles. The number of rotatable bonds is 7. The van der Waals surface area contributed by atoms with Crippen molar-refractivity contribution >= 4 is 17.5 Å². The summed E-state index contributed by atoms with van der Waals surface area (Å²) in [6, 6.07) is 13.6. The fraction of sp³-hybridized carbons (Fsp3) is 0.238. The minimum absolute atomic E-state index is 0.191. The van der Waals surface area contributed by atoms with Gasteiger partial charge >= 0.3 is 0 Å². The number of benzene rings is 2. The third-order valence-corrected chi connectivity index (χ3v) is 4.58. The van der Waals surface area contributed by atoms with Crippen molar-refractivity contribution in [3.05, 3.63) is 70.4 Å². The summed E-state index contributed by atoms with van der Waals surface area (Å²) in [6.45, 7) is 5.01. The van der Waals surface area contributed by atoms with Crippen molar-refractivity contribution in [2.45, 2.75) is 26.8 Å². The van der Waals surface area contributed by atoms with E-state index in [-0.39, 0.29) is 5.91 Å². The van der Waals surface area contributed by atoms with Crippen LogP contribution in [0.5, 0.6) is 5.75 Å². The number of carbonyl (C=O) groups is 1. The zero-order chi connectivity index (χ0) is 19.2. The number of hydrogen-bond acceptors (Lipinski definition) is 3. The summed E-state index contributed by atoms with van der Waals surface area (Å²) >= 11 is 6.26. The molecule has 0 bridgehead atoms. The van der Waals surface area contributed by atoms with E-state index >= 15 is 0 Å². The number of halogens is 1. The molecule has 0 saturated heterocycles. The largest absolute Gasteiger partial charge is 0.492 e. The smallest absolute Gasteiger partial charge is 0.255 e. The molecule has 0 atom stereocenters. The number of aromatic amines is 1. The zero-order valence-electron chi connectivity index (χ0n) is 15.4. The van der Waals surface area contributed by atoms with Crippen LogP contribution >= 0.6 is 11.6 Å². The highest BCUT2D eigenvalue weighted by atomic mass is 35.5. The van der Waals surface area contributed by atoms with Crippen molar-refractivity contribution in [3.8, 4) is 17.0 Å². The average molecular weight is 384 g/mol. The second kappa shape index (κ2) is 8.73. The van der Waals surface area contributed by atoms with Crippen molar-refractivity contribution in [1.82, 2.24) is 15.5 Å². The van der Waals surface area contributed by atoms with Crippen LogP contribution in [0.25, 0.3) is 11.3 Å². The number of aryl methyl sites for hydroxylation is 1. The molecule has 3 rings (SSSR count). The molecule has 1 aromatic heterocycles. The standard InChI is InChI=1S/C21H22ClN3O2/c1-3-14-5-7-15(8-6-14)12-23-21(26)17-13-24-25-20(17)16-9-10-19(27-4-2)18(22)11-16/h5-11,13H,3-4,12H2,1-2H3,(H,23,26)(H,24,25). The third kappa shape index (κ3) is 4.49. The Kier molecular flexibility index (Phi) is 6.14. The van der Waals surface area contributed by atoms with Crippen LogP contribution in [-0.4, -0.2) is 22.7 Å². The number of nitrogens with one attached hydrogen (secondary N) is 2. The molecule has 5 nitrogen and oxygen atoms in total. The van der Waals surface area contributed by atoms with Crippen molar-refractivity contribution in [1.29, 1.82) is 0 Å². The molecule has 0 aliphatic rings. The van der Waals surface area contributed by atoms with Gasteiger partial charge in [0.25, 0.3) is 5.91 Å². The third-order valence-electron chi connectivity index (χ3n) is 4.29. The van der Waals surface area contributed by atoms with E-state index in [1.807, 2.05) is 25.1 Å². The van der Waals surface area contributed by atoms with Gasteiger partial charge < -0.3 is 10.1 Å². The summed E-state index contributed by atoms with van der Waals surface area (Å²) in [7, 11) is 0. The molecule has 1 heterocycles. The van der Waals surface area contributed by atoms with E-state index in [0.29, 0.717) is 35.2 Å². The molecule has 0 aliphatic carbocycles. The maximum Gasteiger partial charge on any atom is 0.255 e. The maximum atomic E-state index is 12.6. The van der Waals surface area contributed by atoms with Gasteiger partial charge in [-0.1, -0.05) is 42.8 Å². The van der Waals surface area contributed by atoms with Crippen molar-refractivity contribution in [3.63, 3.8) is 0 Å². The van der Waals surface area contributed by atoms with E-state index in [4.69, 9.17) is 16.3 Å². The number of ether oxygens (including phenoxy) is 1. The highest BCUT2D eigenvalue weighted by molar-refractivity contribution is 6.32. The second-order valence-electron chi connectivity index (χ2n) is 6.09. The second-order valence-corrected chi connectivity index (χ2v) is 6.50.